The zero-order valence-electron chi connectivity index (χ0n) is 10.00. The van der Waals surface area contributed by atoms with Gasteiger partial charge >= 0.3 is 0 Å². The van der Waals surface area contributed by atoms with Gasteiger partial charge in [0.05, 0.1) is 6.10 Å². The van der Waals surface area contributed by atoms with Crippen molar-refractivity contribution in [2.24, 2.45) is 5.73 Å². The number of primary amides is 1. The smallest absolute Gasteiger partial charge is 0.237 e. The van der Waals surface area contributed by atoms with Crippen LogP contribution in [0.5, 0.6) is 0 Å². The monoisotopic (exact) mass is 226 g/mol. The summed E-state index contributed by atoms with van der Waals surface area (Å²) in [5.74, 6) is -0.205. The van der Waals surface area contributed by atoms with Crippen LogP contribution in [0.15, 0.2) is 0 Å². The van der Waals surface area contributed by atoms with E-state index in [1.807, 2.05) is 0 Å². The molecule has 1 amide bonds. The van der Waals surface area contributed by atoms with E-state index >= 15 is 0 Å². The number of ether oxygens (including phenoxy) is 1. The van der Waals surface area contributed by atoms with Gasteiger partial charge in [0, 0.05) is 19.1 Å². The highest BCUT2D eigenvalue weighted by Crippen LogP contribution is 2.31. The fourth-order valence-corrected chi connectivity index (χ4v) is 2.50. The maximum atomic E-state index is 11.7. The lowest BCUT2D eigenvalue weighted by molar-refractivity contribution is -0.131. The number of nitrogens with two attached hydrogens (primary N) is 1. The number of carbonyl (C=O) groups excluding carboxylic acids is 1. The van der Waals surface area contributed by atoms with Crippen LogP contribution >= 0.6 is 0 Å². The fraction of sp³-hybridized carbons (Fsp3) is 0.917. The SMILES string of the molecule is CCCC1CC(NC2CC2)(C(N)=O)CCO1. The van der Waals surface area contributed by atoms with Gasteiger partial charge in [0.1, 0.15) is 5.54 Å². The van der Waals surface area contributed by atoms with Crippen molar-refractivity contribution in [3.63, 3.8) is 0 Å². The molecule has 0 spiro atoms. The highest BCUT2D eigenvalue weighted by Gasteiger charge is 2.44. The van der Waals surface area contributed by atoms with E-state index in [9.17, 15) is 4.79 Å². The van der Waals surface area contributed by atoms with Gasteiger partial charge < -0.3 is 15.8 Å². The predicted molar refractivity (Wildman–Crippen MR) is 62.0 cm³/mol. The highest BCUT2D eigenvalue weighted by molar-refractivity contribution is 5.85. The van der Waals surface area contributed by atoms with Gasteiger partial charge in [0.2, 0.25) is 5.91 Å². The zero-order valence-corrected chi connectivity index (χ0v) is 10.00. The van der Waals surface area contributed by atoms with Crippen molar-refractivity contribution in [3.8, 4) is 0 Å². The summed E-state index contributed by atoms with van der Waals surface area (Å²) in [6, 6.07) is 0.507. The first-order chi connectivity index (χ1) is 7.66. The summed E-state index contributed by atoms with van der Waals surface area (Å²) in [5.41, 5.74) is 5.08. The maximum absolute atomic E-state index is 11.7. The largest absolute Gasteiger partial charge is 0.378 e. The Morgan fingerprint density at radius 2 is 2.31 bits per heavy atom. The number of hydrogen-bond acceptors (Lipinski definition) is 3. The van der Waals surface area contributed by atoms with Crippen molar-refractivity contribution < 1.29 is 9.53 Å². The summed E-state index contributed by atoms with van der Waals surface area (Å²) < 4.78 is 5.68. The van der Waals surface area contributed by atoms with Crippen LogP contribution in [0.1, 0.15) is 45.4 Å². The number of amides is 1. The topological polar surface area (TPSA) is 64.3 Å². The Labute approximate surface area is 96.9 Å². The van der Waals surface area contributed by atoms with Gasteiger partial charge in [-0.25, -0.2) is 0 Å². The van der Waals surface area contributed by atoms with E-state index in [0.717, 1.165) is 25.7 Å². The quantitative estimate of drug-likeness (QED) is 0.733. The van der Waals surface area contributed by atoms with Crippen molar-refractivity contribution in [1.29, 1.82) is 0 Å². The first kappa shape index (κ1) is 11.9. The molecule has 2 unspecified atom stereocenters. The van der Waals surface area contributed by atoms with Crippen LogP contribution in [0, 0.1) is 0 Å². The van der Waals surface area contributed by atoms with Gasteiger partial charge in [-0.15, -0.1) is 0 Å². The van der Waals surface area contributed by atoms with Gasteiger partial charge in [0.25, 0.3) is 0 Å². The van der Waals surface area contributed by atoms with E-state index in [4.69, 9.17) is 10.5 Å². The lowest BCUT2D eigenvalue weighted by atomic mass is 9.84. The molecule has 1 aliphatic carbocycles. The minimum Gasteiger partial charge on any atom is -0.378 e. The van der Waals surface area contributed by atoms with Crippen LogP contribution in [-0.2, 0) is 9.53 Å². The first-order valence-electron chi connectivity index (χ1n) is 6.35. The summed E-state index contributed by atoms with van der Waals surface area (Å²) in [6.07, 6.45) is 6.11. The zero-order chi connectivity index (χ0) is 11.6. The van der Waals surface area contributed by atoms with Gasteiger partial charge in [-0.1, -0.05) is 13.3 Å². The van der Waals surface area contributed by atoms with Crippen LogP contribution < -0.4 is 11.1 Å². The molecule has 4 heteroatoms. The molecule has 3 N–H and O–H groups in total. The van der Waals surface area contributed by atoms with Crippen molar-refractivity contribution >= 4 is 5.91 Å². The Kier molecular flexibility index (Phi) is 3.50. The number of rotatable bonds is 5. The fourth-order valence-electron chi connectivity index (χ4n) is 2.50. The molecule has 0 bridgehead atoms. The molecule has 0 aromatic rings. The van der Waals surface area contributed by atoms with E-state index in [2.05, 4.69) is 12.2 Å². The number of nitrogens with one attached hydrogen (secondary N) is 1. The second-order valence-electron chi connectivity index (χ2n) is 5.10. The van der Waals surface area contributed by atoms with Crippen LogP contribution in [-0.4, -0.2) is 30.2 Å². The van der Waals surface area contributed by atoms with Crippen LogP contribution in [0.25, 0.3) is 0 Å². The Morgan fingerprint density at radius 1 is 1.56 bits per heavy atom. The second-order valence-corrected chi connectivity index (χ2v) is 5.10. The molecular formula is C12H22N2O2. The summed E-state index contributed by atoms with van der Waals surface area (Å²) in [5, 5.41) is 3.44. The molecule has 16 heavy (non-hydrogen) atoms. The van der Waals surface area contributed by atoms with Crippen LogP contribution in [0.3, 0.4) is 0 Å². The Balaban J connectivity index is 2.01. The van der Waals surface area contributed by atoms with Gasteiger partial charge in [-0.3, -0.25) is 4.79 Å². The molecule has 1 aliphatic heterocycles. The number of hydrogen-bond donors (Lipinski definition) is 2. The van der Waals surface area contributed by atoms with Crippen LogP contribution in [0.4, 0.5) is 0 Å². The average molecular weight is 226 g/mol. The maximum Gasteiger partial charge on any atom is 0.237 e. The summed E-state index contributed by atoms with van der Waals surface area (Å²) in [6.45, 7) is 2.78. The van der Waals surface area contributed by atoms with Crippen molar-refractivity contribution in [1.82, 2.24) is 5.32 Å². The molecule has 2 aliphatic rings. The highest BCUT2D eigenvalue weighted by atomic mass is 16.5. The molecule has 1 saturated heterocycles. The van der Waals surface area contributed by atoms with E-state index in [1.54, 1.807) is 0 Å². The minimum atomic E-state index is -0.501. The van der Waals surface area contributed by atoms with Crippen molar-refractivity contribution in [3.05, 3.63) is 0 Å². The third-order valence-corrected chi connectivity index (χ3v) is 3.60. The summed E-state index contributed by atoms with van der Waals surface area (Å²) in [7, 11) is 0. The molecule has 1 saturated carbocycles. The molecule has 1 heterocycles. The van der Waals surface area contributed by atoms with E-state index < -0.39 is 5.54 Å². The molecule has 2 rings (SSSR count). The Morgan fingerprint density at radius 3 is 2.88 bits per heavy atom. The molecular weight excluding hydrogens is 204 g/mol. The third kappa shape index (κ3) is 2.55. The van der Waals surface area contributed by atoms with Gasteiger partial charge in [0.15, 0.2) is 0 Å². The third-order valence-electron chi connectivity index (χ3n) is 3.60. The molecule has 0 aromatic carbocycles. The van der Waals surface area contributed by atoms with E-state index in [1.165, 1.54) is 12.8 Å². The Bertz CT molecular complexity index is 264. The van der Waals surface area contributed by atoms with Crippen molar-refractivity contribution in [2.75, 3.05) is 6.61 Å². The van der Waals surface area contributed by atoms with Crippen LogP contribution in [0.2, 0.25) is 0 Å². The average Bonchev–Trinajstić information content (AvgIpc) is 3.02. The first-order valence-corrected chi connectivity index (χ1v) is 6.35. The summed E-state index contributed by atoms with van der Waals surface area (Å²) >= 11 is 0. The lowest BCUT2D eigenvalue weighted by Crippen LogP contribution is -2.60. The number of carbonyl (C=O) groups is 1. The Hall–Kier alpha value is -0.610. The summed E-state index contributed by atoms with van der Waals surface area (Å²) in [4.78, 5) is 11.7. The van der Waals surface area contributed by atoms with E-state index in [0.29, 0.717) is 12.6 Å². The second kappa shape index (κ2) is 4.72. The molecule has 0 radical (unpaired) electrons. The molecule has 4 nitrogen and oxygen atoms in total. The van der Waals surface area contributed by atoms with Gasteiger partial charge in [-0.05, 0) is 25.7 Å². The molecule has 92 valence electrons. The molecule has 0 aromatic heterocycles. The van der Waals surface area contributed by atoms with Crippen molar-refractivity contribution in [2.45, 2.75) is 63.1 Å². The van der Waals surface area contributed by atoms with Gasteiger partial charge in [-0.2, -0.15) is 0 Å². The molecule has 2 fully saturated rings. The standard InChI is InChI=1S/C12H22N2O2/c1-2-3-10-8-12(11(13)15,6-7-16-10)14-9-4-5-9/h9-10,14H,2-8H2,1H3,(H2,13,15). The molecule has 2 atom stereocenters. The lowest BCUT2D eigenvalue weighted by Gasteiger charge is -2.39. The minimum absolute atomic E-state index is 0.192. The van der Waals surface area contributed by atoms with E-state index in [-0.39, 0.29) is 12.0 Å². The normalized spacial score (nSPS) is 34.9. The predicted octanol–water partition coefficient (Wildman–Crippen LogP) is 0.942.